The smallest absolute Gasteiger partial charge is 0.251 e. The summed E-state index contributed by atoms with van der Waals surface area (Å²) in [4.78, 5) is 37.4. The number of carbonyl (C=O) groups is 2. The Balaban J connectivity index is 1.51. The highest BCUT2D eigenvalue weighted by molar-refractivity contribution is 5.96. The fourth-order valence-electron chi connectivity index (χ4n) is 3.10. The van der Waals surface area contributed by atoms with Gasteiger partial charge in [-0.3, -0.25) is 9.59 Å². The first-order chi connectivity index (χ1) is 13.6. The first kappa shape index (κ1) is 19.6. The van der Waals surface area contributed by atoms with Crippen LogP contribution in [0.3, 0.4) is 0 Å². The maximum Gasteiger partial charge on any atom is 0.251 e. The molecule has 0 saturated carbocycles. The number of hydrogen-bond donors (Lipinski definition) is 2. The van der Waals surface area contributed by atoms with E-state index in [0.717, 1.165) is 18.1 Å². The Morgan fingerprint density at radius 3 is 2.46 bits per heavy atom. The molecule has 0 spiro atoms. The van der Waals surface area contributed by atoms with Crippen LogP contribution in [0, 0.1) is 6.92 Å². The Hall–Kier alpha value is -3.16. The number of amides is 2. The van der Waals surface area contributed by atoms with Crippen LogP contribution in [0.5, 0.6) is 0 Å². The molecule has 2 aromatic rings. The number of aromatic nitrogens is 2. The molecule has 0 unspecified atom stereocenters. The van der Waals surface area contributed by atoms with Crippen molar-refractivity contribution in [1.29, 1.82) is 0 Å². The maximum atomic E-state index is 12.4. The van der Waals surface area contributed by atoms with Crippen LogP contribution >= 0.6 is 0 Å². The van der Waals surface area contributed by atoms with Gasteiger partial charge in [0.15, 0.2) is 0 Å². The molecule has 2 amide bonds. The summed E-state index contributed by atoms with van der Waals surface area (Å²) in [5.41, 5.74) is 1.46. The molecule has 1 aromatic heterocycles. The summed E-state index contributed by atoms with van der Waals surface area (Å²) in [6.07, 6.45) is 0. The molecule has 1 aliphatic heterocycles. The Labute approximate surface area is 165 Å². The Bertz CT molecular complexity index is 819. The van der Waals surface area contributed by atoms with E-state index in [1.54, 1.807) is 29.2 Å². The molecule has 0 atom stereocenters. The van der Waals surface area contributed by atoms with Gasteiger partial charge in [0.05, 0.1) is 6.54 Å². The molecule has 0 bridgehead atoms. The van der Waals surface area contributed by atoms with Crippen molar-refractivity contribution in [2.24, 2.45) is 0 Å². The molecule has 0 radical (unpaired) electrons. The van der Waals surface area contributed by atoms with Crippen molar-refractivity contribution in [3.05, 3.63) is 47.7 Å². The van der Waals surface area contributed by atoms with Gasteiger partial charge < -0.3 is 20.4 Å². The van der Waals surface area contributed by atoms with Gasteiger partial charge in [0, 0.05) is 50.0 Å². The molecular formula is C20H26N6O2. The van der Waals surface area contributed by atoms with Crippen LogP contribution in [0.2, 0.25) is 0 Å². The minimum absolute atomic E-state index is 0.00487. The summed E-state index contributed by atoms with van der Waals surface area (Å²) in [7, 11) is 0. The lowest BCUT2D eigenvalue weighted by Gasteiger charge is -2.35. The number of anilines is 2. The summed E-state index contributed by atoms with van der Waals surface area (Å²) >= 11 is 0. The third kappa shape index (κ3) is 4.97. The molecular weight excluding hydrogens is 356 g/mol. The van der Waals surface area contributed by atoms with Crippen LogP contribution in [-0.2, 0) is 4.79 Å². The van der Waals surface area contributed by atoms with E-state index < -0.39 is 0 Å². The fraction of sp³-hybridized carbons (Fsp3) is 0.400. The molecule has 1 saturated heterocycles. The number of nitrogens with one attached hydrogen (secondary N) is 2. The van der Waals surface area contributed by atoms with Crippen molar-refractivity contribution < 1.29 is 9.59 Å². The SMILES string of the molecule is CCNc1nc(C)cc(N2CCN(C(=O)CNC(=O)c3ccccc3)CC2)n1. The van der Waals surface area contributed by atoms with E-state index in [1.165, 1.54) is 0 Å². The molecule has 28 heavy (non-hydrogen) atoms. The topological polar surface area (TPSA) is 90.5 Å². The number of carbonyl (C=O) groups excluding carboxylic acids is 2. The average Bonchev–Trinajstić information content (AvgIpc) is 2.72. The lowest BCUT2D eigenvalue weighted by molar-refractivity contribution is -0.130. The van der Waals surface area contributed by atoms with Crippen molar-refractivity contribution in [2.45, 2.75) is 13.8 Å². The van der Waals surface area contributed by atoms with E-state index in [2.05, 4.69) is 25.5 Å². The zero-order valence-electron chi connectivity index (χ0n) is 16.3. The molecule has 2 heterocycles. The first-order valence-electron chi connectivity index (χ1n) is 9.52. The van der Waals surface area contributed by atoms with Crippen molar-refractivity contribution in [3.8, 4) is 0 Å². The molecule has 2 N–H and O–H groups in total. The van der Waals surface area contributed by atoms with Crippen LogP contribution in [0.25, 0.3) is 0 Å². The van der Waals surface area contributed by atoms with Gasteiger partial charge in [-0.2, -0.15) is 4.98 Å². The quantitative estimate of drug-likeness (QED) is 0.783. The molecule has 8 nitrogen and oxygen atoms in total. The number of nitrogens with zero attached hydrogens (tertiary/aromatic N) is 4. The largest absolute Gasteiger partial charge is 0.354 e. The molecule has 3 rings (SSSR count). The van der Waals surface area contributed by atoms with Gasteiger partial charge >= 0.3 is 0 Å². The fourth-order valence-corrected chi connectivity index (χ4v) is 3.10. The average molecular weight is 382 g/mol. The molecule has 1 aliphatic rings. The van der Waals surface area contributed by atoms with E-state index >= 15 is 0 Å². The van der Waals surface area contributed by atoms with E-state index in [4.69, 9.17) is 0 Å². The number of aryl methyl sites for hydroxylation is 1. The predicted octanol–water partition coefficient (Wildman–Crippen LogP) is 1.30. The summed E-state index contributed by atoms with van der Waals surface area (Å²) in [5.74, 6) is 1.18. The van der Waals surface area contributed by atoms with Crippen molar-refractivity contribution in [1.82, 2.24) is 20.2 Å². The number of benzene rings is 1. The molecule has 1 aromatic carbocycles. The number of rotatable bonds is 6. The third-order valence-electron chi connectivity index (χ3n) is 4.57. The summed E-state index contributed by atoms with van der Waals surface area (Å²) in [6, 6.07) is 10.9. The number of hydrogen-bond acceptors (Lipinski definition) is 6. The first-order valence-corrected chi connectivity index (χ1v) is 9.52. The minimum atomic E-state index is -0.236. The van der Waals surface area contributed by atoms with Crippen molar-refractivity contribution >= 4 is 23.6 Å². The second-order valence-electron chi connectivity index (χ2n) is 6.64. The molecule has 148 valence electrons. The highest BCUT2D eigenvalue weighted by Gasteiger charge is 2.22. The third-order valence-corrected chi connectivity index (χ3v) is 4.57. The van der Waals surface area contributed by atoms with Gasteiger partial charge in [0.25, 0.3) is 5.91 Å². The zero-order valence-corrected chi connectivity index (χ0v) is 16.3. The second-order valence-corrected chi connectivity index (χ2v) is 6.64. The van der Waals surface area contributed by atoms with Crippen LogP contribution in [0.15, 0.2) is 36.4 Å². The van der Waals surface area contributed by atoms with E-state index in [1.807, 2.05) is 26.0 Å². The maximum absolute atomic E-state index is 12.4. The molecule has 0 aliphatic carbocycles. The highest BCUT2D eigenvalue weighted by atomic mass is 16.2. The summed E-state index contributed by atoms with van der Waals surface area (Å²) in [5, 5.41) is 5.84. The lowest BCUT2D eigenvalue weighted by Crippen LogP contribution is -2.51. The molecule has 1 fully saturated rings. The predicted molar refractivity (Wildman–Crippen MR) is 109 cm³/mol. The Morgan fingerprint density at radius 1 is 1.07 bits per heavy atom. The highest BCUT2D eigenvalue weighted by Crippen LogP contribution is 2.17. The van der Waals surface area contributed by atoms with Gasteiger partial charge in [0.1, 0.15) is 5.82 Å². The van der Waals surface area contributed by atoms with E-state index in [-0.39, 0.29) is 18.4 Å². The van der Waals surface area contributed by atoms with Crippen molar-refractivity contribution in [3.63, 3.8) is 0 Å². The number of piperazine rings is 1. The normalized spacial score (nSPS) is 13.9. The van der Waals surface area contributed by atoms with Gasteiger partial charge in [-0.15, -0.1) is 0 Å². The standard InChI is InChI=1S/C20H26N6O2/c1-3-21-20-23-15(2)13-17(24-20)25-9-11-26(12-10-25)18(27)14-22-19(28)16-7-5-4-6-8-16/h4-8,13H,3,9-12,14H2,1-2H3,(H,22,28)(H,21,23,24). The zero-order chi connectivity index (χ0) is 19.9. The van der Waals surface area contributed by atoms with Crippen LogP contribution < -0.4 is 15.5 Å². The van der Waals surface area contributed by atoms with Crippen LogP contribution in [-0.4, -0.2) is 66.0 Å². The summed E-state index contributed by atoms with van der Waals surface area (Å²) in [6.45, 7) is 7.30. The molecule has 8 heteroatoms. The van der Waals surface area contributed by atoms with Gasteiger partial charge in [0.2, 0.25) is 11.9 Å². The van der Waals surface area contributed by atoms with E-state index in [9.17, 15) is 9.59 Å². The minimum Gasteiger partial charge on any atom is -0.354 e. The van der Waals surface area contributed by atoms with E-state index in [0.29, 0.717) is 37.7 Å². The monoisotopic (exact) mass is 382 g/mol. The van der Waals surface area contributed by atoms with Crippen molar-refractivity contribution in [2.75, 3.05) is 49.5 Å². The Kier molecular flexibility index (Phi) is 6.41. The lowest BCUT2D eigenvalue weighted by atomic mass is 10.2. The van der Waals surface area contributed by atoms with Gasteiger partial charge in [-0.05, 0) is 26.0 Å². The summed E-state index contributed by atoms with van der Waals surface area (Å²) < 4.78 is 0. The van der Waals surface area contributed by atoms with Gasteiger partial charge in [-0.1, -0.05) is 18.2 Å². The van der Waals surface area contributed by atoms with Crippen LogP contribution in [0.1, 0.15) is 23.0 Å². The van der Waals surface area contributed by atoms with Gasteiger partial charge in [-0.25, -0.2) is 4.98 Å². The Morgan fingerprint density at radius 2 is 1.79 bits per heavy atom. The van der Waals surface area contributed by atoms with Crippen LogP contribution in [0.4, 0.5) is 11.8 Å². The second kappa shape index (κ2) is 9.16.